The van der Waals surface area contributed by atoms with E-state index in [2.05, 4.69) is 98.2 Å². The maximum absolute atomic E-state index is 3.77. The number of anilines is 1. The van der Waals surface area contributed by atoms with Crippen molar-refractivity contribution in [1.82, 2.24) is 0 Å². The first-order valence-corrected chi connectivity index (χ1v) is 9.07. The number of hydrogen-bond donors (Lipinski definition) is 1. The zero-order valence-electron chi connectivity index (χ0n) is 16.6. The second kappa shape index (κ2) is 10.0. The van der Waals surface area contributed by atoms with Gasteiger partial charge in [0.25, 0.3) is 0 Å². The van der Waals surface area contributed by atoms with Crippen LogP contribution in [0.2, 0.25) is 0 Å². The van der Waals surface area contributed by atoms with E-state index in [4.69, 9.17) is 0 Å². The lowest BCUT2D eigenvalue weighted by Crippen LogP contribution is -1.85. The molecule has 0 aliphatic heterocycles. The third-order valence-corrected chi connectivity index (χ3v) is 4.03. The fraction of sp³-hybridized carbons (Fsp3) is 0.154. The fourth-order valence-corrected chi connectivity index (χ4v) is 2.39. The van der Waals surface area contributed by atoms with E-state index in [1.54, 1.807) is 0 Å². The second-order valence-corrected chi connectivity index (χ2v) is 6.59. The van der Waals surface area contributed by atoms with Gasteiger partial charge in [-0.05, 0) is 61.7 Å². The molecule has 0 radical (unpaired) electrons. The second-order valence-electron chi connectivity index (χ2n) is 6.59. The summed E-state index contributed by atoms with van der Waals surface area (Å²) in [6.45, 7) is 9.86. The lowest BCUT2D eigenvalue weighted by molar-refractivity contribution is 1.44. The average molecular weight is 354 g/mol. The minimum atomic E-state index is 0.887. The number of rotatable bonds is 2. The molecule has 0 bridgehead atoms. The van der Waals surface area contributed by atoms with Gasteiger partial charge in [0.2, 0.25) is 0 Å². The van der Waals surface area contributed by atoms with Gasteiger partial charge in [0.15, 0.2) is 0 Å². The highest BCUT2D eigenvalue weighted by Gasteiger charge is 1.96. The monoisotopic (exact) mass is 353 g/mol. The molecule has 0 aliphatic carbocycles. The first-order chi connectivity index (χ1) is 13.0. The Morgan fingerprint density at radius 3 is 1.63 bits per heavy atom. The van der Waals surface area contributed by atoms with Gasteiger partial charge in [-0.25, -0.2) is 0 Å². The quantitative estimate of drug-likeness (QED) is 0.510. The van der Waals surface area contributed by atoms with Crippen molar-refractivity contribution in [3.05, 3.63) is 102 Å². The van der Waals surface area contributed by atoms with Gasteiger partial charge >= 0.3 is 0 Å². The van der Waals surface area contributed by atoms with Crippen LogP contribution in [0.4, 0.5) is 5.69 Å². The minimum Gasteiger partial charge on any atom is -0.388 e. The Morgan fingerprint density at radius 1 is 0.741 bits per heavy atom. The molecule has 1 nitrogen and oxygen atoms in total. The highest BCUT2D eigenvalue weighted by molar-refractivity contribution is 5.64. The molecule has 0 aromatic heterocycles. The van der Waals surface area contributed by atoms with Gasteiger partial charge in [0, 0.05) is 18.3 Å². The summed E-state index contributed by atoms with van der Waals surface area (Å²) in [6.07, 6.45) is 0. The molecule has 0 atom stereocenters. The largest absolute Gasteiger partial charge is 0.388 e. The highest BCUT2D eigenvalue weighted by Crippen LogP contribution is 2.20. The average Bonchev–Trinajstić information content (AvgIpc) is 2.68. The van der Waals surface area contributed by atoms with Crippen LogP contribution in [0.3, 0.4) is 0 Å². The maximum Gasteiger partial charge on any atom is 0.0337 e. The smallest absolute Gasteiger partial charge is 0.0337 e. The lowest BCUT2D eigenvalue weighted by atomic mass is 10.0. The Hall–Kier alpha value is -3.24. The van der Waals surface area contributed by atoms with Crippen LogP contribution >= 0.6 is 0 Å². The van der Waals surface area contributed by atoms with Crippen molar-refractivity contribution in [1.29, 1.82) is 0 Å². The highest BCUT2D eigenvalue weighted by atomic mass is 14.8. The van der Waals surface area contributed by atoms with Gasteiger partial charge in [-0.1, -0.05) is 78.1 Å². The molecule has 3 aromatic carbocycles. The van der Waals surface area contributed by atoms with Crippen molar-refractivity contribution in [3.8, 4) is 23.0 Å². The van der Waals surface area contributed by atoms with Crippen molar-refractivity contribution in [3.63, 3.8) is 0 Å². The van der Waals surface area contributed by atoms with E-state index in [9.17, 15) is 0 Å². The summed E-state index contributed by atoms with van der Waals surface area (Å²) in [7, 11) is 1.92. The van der Waals surface area contributed by atoms with E-state index >= 15 is 0 Å². The van der Waals surface area contributed by atoms with E-state index in [1.807, 2.05) is 26.1 Å². The van der Waals surface area contributed by atoms with Gasteiger partial charge in [-0.3, -0.25) is 0 Å². The van der Waals surface area contributed by atoms with E-state index in [1.165, 1.54) is 27.9 Å². The fourth-order valence-electron chi connectivity index (χ4n) is 2.39. The van der Waals surface area contributed by atoms with Crippen molar-refractivity contribution < 1.29 is 0 Å². The van der Waals surface area contributed by atoms with E-state index in [0.29, 0.717) is 0 Å². The van der Waals surface area contributed by atoms with Crippen LogP contribution in [-0.2, 0) is 0 Å². The molecule has 0 fully saturated rings. The summed E-state index contributed by atoms with van der Waals surface area (Å²) < 4.78 is 0. The van der Waals surface area contributed by atoms with Gasteiger partial charge < -0.3 is 5.32 Å². The van der Waals surface area contributed by atoms with Crippen LogP contribution < -0.4 is 5.32 Å². The summed E-state index contributed by atoms with van der Waals surface area (Å²) in [4.78, 5) is 0. The summed E-state index contributed by atoms with van der Waals surface area (Å²) in [5.41, 5.74) is 8.11. The molecule has 0 saturated heterocycles. The number of nitrogens with one attached hydrogen (secondary N) is 1. The summed E-state index contributed by atoms with van der Waals surface area (Å²) >= 11 is 0. The molecule has 136 valence electrons. The van der Waals surface area contributed by atoms with Gasteiger partial charge in [0.05, 0.1) is 0 Å². The molecule has 27 heavy (non-hydrogen) atoms. The van der Waals surface area contributed by atoms with E-state index in [0.717, 1.165) is 11.1 Å². The topological polar surface area (TPSA) is 12.0 Å². The number of hydrogen-bond acceptors (Lipinski definition) is 1. The van der Waals surface area contributed by atoms with Crippen LogP contribution in [-0.4, -0.2) is 7.05 Å². The first kappa shape index (κ1) is 20.1. The Balaban J connectivity index is 0.000000244. The first-order valence-electron chi connectivity index (χ1n) is 9.07. The van der Waals surface area contributed by atoms with Crippen LogP contribution in [0.15, 0.2) is 84.9 Å². The predicted molar refractivity (Wildman–Crippen MR) is 119 cm³/mol. The maximum atomic E-state index is 3.77. The molecule has 3 aromatic rings. The van der Waals surface area contributed by atoms with Crippen LogP contribution in [0.5, 0.6) is 0 Å². The third kappa shape index (κ3) is 6.88. The van der Waals surface area contributed by atoms with Crippen molar-refractivity contribution >= 4 is 5.69 Å². The Kier molecular flexibility index (Phi) is 7.47. The van der Waals surface area contributed by atoms with Crippen LogP contribution in [0, 0.1) is 25.7 Å². The lowest BCUT2D eigenvalue weighted by Gasteiger charge is -2.02. The van der Waals surface area contributed by atoms with Gasteiger partial charge in [-0.15, -0.1) is 0 Å². The molecular weight excluding hydrogens is 326 g/mol. The number of benzene rings is 3. The van der Waals surface area contributed by atoms with Crippen LogP contribution in [0.1, 0.15) is 23.6 Å². The normalized spacial score (nSPS) is 9.33. The molecule has 0 saturated carbocycles. The standard InChI is InChI=1S/C18H16.C8H11N/c1-14(2)4-7-16-8-12-18(13-9-16)17-10-5-15(3)6-11-17;1-7-3-5-8(9-2)6-4-7/h5-6,8-13H,1H2,2-3H3;3-6,9H,1-2H3. The molecule has 1 N–H and O–H groups in total. The molecule has 0 amide bonds. The molecule has 0 spiro atoms. The summed E-state index contributed by atoms with van der Waals surface area (Å²) in [5, 5.41) is 3.05. The number of aryl methyl sites for hydroxylation is 2. The van der Waals surface area contributed by atoms with E-state index in [-0.39, 0.29) is 0 Å². The zero-order chi connectivity index (χ0) is 19.6. The molecule has 0 aliphatic rings. The number of allylic oxidation sites excluding steroid dienone is 1. The zero-order valence-corrected chi connectivity index (χ0v) is 16.6. The van der Waals surface area contributed by atoms with Crippen LogP contribution in [0.25, 0.3) is 11.1 Å². The van der Waals surface area contributed by atoms with E-state index < -0.39 is 0 Å². The van der Waals surface area contributed by atoms with Crippen molar-refractivity contribution in [2.45, 2.75) is 20.8 Å². The third-order valence-electron chi connectivity index (χ3n) is 4.03. The van der Waals surface area contributed by atoms with Crippen molar-refractivity contribution in [2.75, 3.05) is 12.4 Å². The minimum absolute atomic E-state index is 0.887. The molecule has 0 heterocycles. The Morgan fingerprint density at radius 2 is 1.19 bits per heavy atom. The van der Waals surface area contributed by atoms with Crippen molar-refractivity contribution in [2.24, 2.45) is 0 Å². The SMILES string of the molecule is C=C(C)C#Cc1ccc(-c2ccc(C)cc2)cc1.CNc1ccc(C)cc1. The molecular formula is C26H27N. The molecule has 3 rings (SSSR count). The van der Waals surface area contributed by atoms with Gasteiger partial charge in [0.1, 0.15) is 0 Å². The Bertz CT molecular complexity index is 919. The predicted octanol–water partition coefficient (Wildman–Crippen LogP) is 6.63. The molecule has 0 unspecified atom stereocenters. The summed E-state index contributed by atoms with van der Waals surface area (Å²) in [6, 6.07) is 25.2. The molecule has 1 heteroatoms. The summed E-state index contributed by atoms with van der Waals surface area (Å²) in [5.74, 6) is 6.07. The Labute approximate surface area is 163 Å². The van der Waals surface area contributed by atoms with Gasteiger partial charge in [-0.2, -0.15) is 0 Å².